The minimum absolute atomic E-state index is 0.0793. The predicted octanol–water partition coefficient (Wildman–Crippen LogP) is 2.41. The quantitative estimate of drug-likeness (QED) is 0.730. The summed E-state index contributed by atoms with van der Waals surface area (Å²) in [5, 5.41) is 4.52. The van der Waals surface area contributed by atoms with Crippen LogP contribution in [0.1, 0.15) is 21.7 Å². The van der Waals surface area contributed by atoms with Gasteiger partial charge in [-0.3, -0.25) is 4.79 Å². The van der Waals surface area contributed by atoms with E-state index in [4.69, 9.17) is 0 Å². The fourth-order valence-electron chi connectivity index (χ4n) is 3.14. The highest BCUT2D eigenvalue weighted by Crippen LogP contribution is 2.23. The average Bonchev–Trinajstić information content (AvgIpc) is 3.20. The molecule has 1 aliphatic rings. The van der Waals surface area contributed by atoms with Crippen molar-refractivity contribution in [1.82, 2.24) is 19.2 Å². The molecule has 0 aliphatic carbocycles. The lowest BCUT2D eigenvalue weighted by atomic mass is 10.1. The summed E-state index contributed by atoms with van der Waals surface area (Å²) in [6.45, 7) is 1.34. The molecule has 0 saturated heterocycles. The van der Waals surface area contributed by atoms with Gasteiger partial charge in [0.15, 0.2) is 0 Å². The number of para-hydroxylation sites is 1. The highest BCUT2D eigenvalue weighted by molar-refractivity contribution is 5.92. The zero-order valence-electron chi connectivity index (χ0n) is 13.0. The molecular weight excluding hydrogens is 288 g/mol. The van der Waals surface area contributed by atoms with Gasteiger partial charge in [0, 0.05) is 38.3 Å². The van der Waals surface area contributed by atoms with Crippen LogP contribution in [0.5, 0.6) is 0 Å². The van der Waals surface area contributed by atoms with Gasteiger partial charge in [-0.15, -0.1) is 0 Å². The van der Waals surface area contributed by atoms with Crippen LogP contribution in [0, 0.1) is 0 Å². The van der Waals surface area contributed by atoms with E-state index < -0.39 is 0 Å². The molecule has 1 aromatic carbocycles. The van der Waals surface area contributed by atoms with Gasteiger partial charge in [0.25, 0.3) is 5.91 Å². The molecule has 0 unspecified atom stereocenters. The summed E-state index contributed by atoms with van der Waals surface area (Å²) < 4.78 is 3.85. The van der Waals surface area contributed by atoms with Crippen LogP contribution in [-0.4, -0.2) is 31.7 Å². The van der Waals surface area contributed by atoms with Crippen molar-refractivity contribution in [2.45, 2.75) is 13.0 Å². The summed E-state index contributed by atoms with van der Waals surface area (Å²) in [6, 6.07) is 13.9. The van der Waals surface area contributed by atoms with Gasteiger partial charge < -0.3 is 9.47 Å². The number of hydrogen-bond donors (Lipinski definition) is 0. The van der Waals surface area contributed by atoms with E-state index in [-0.39, 0.29) is 5.91 Å². The van der Waals surface area contributed by atoms with Crippen molar-refractivity contribution in [2.75, 3.05) is 6.54 Å². The van der Waals surface area contributed by atoms with Gasteiger partial charge in [-0.1, -0.05) is 18.2 Å². The van der Waals surface area contributed by atoms with E-state index >= 15 is 0 Å². The van der Waals surface area contributed by atoms with Crippen molar-refractivity contribution in [3.8, 4) is 5.69 Å². The first-order valence-corrected chi connectivity index (χ1v) is 7.76. The first-order chi connectivity index (χ1) is 11.2. The summed E-state index contributed by atoms with van der Waals surface area (Å²) in [5.74, 6) is 0.0793. The van der Waals surface area contributed by atoms with E-state index in [1.54, 1.807) is 0 Å². The molecule has 1 amide bonds. The Hall–Kier alpha value is -2.82. The molecule has 4 rings (SSSR count). The second kappa shape index (κ2) is 5.43. The Morgan fingerprint density at radius 1 is 1.13 bits per heavy atom. The van der Waals surface area contributed by atoms with Gasteiger partial charge in [-0.05, 0) is 24.3 Å². The number of aromatic nitrogens is 3. The maximum Gasteiger partial charge on any atom is 0.270 e. The highest BCUT2D eigenvalue weighted by atomic mass is 16.2. The van der Waals surface area contributed by atoms with Crippen LogP contribution in [0.3, 0.4) is 0 Å². The zero-order chi connectivity index (χ0) is 15.8. The number of carbonyl (C=O) groups excluding carboxylic acids is 1. The van der Waals surface area contributed by atoms with Crippen LogP contribution in [0.15, 0.2) is 54.9 Å². The summed E-state index contributed by atoms with van der Waals surface area (Å²) in [5.41, 5.74) is 4.12. The lowest BCUT2D eigenvalue weighted by Crippen LogP contribution is -2.37. The molecule has 0 atom stereocenters. The minimum Gasteiger partial charge on any atom is -0.347 e. The number of nitrogens with zero attached hydrogens (tertiary/aromatic N) is 4. The van der Waals surface area contributed by atoms with Crippen LogP contribution in [0.2, 0.25) is 0 Å². The summed E-state index contributed by atoms with van der Waals surface area (Å²) in [4.78, 5) is 14.5. The zero-order valence-corrected chi connectivity index (χ0v) is 13.0. The van der Waals surface area contributed by atoms with E-state index in [2.05, 4.69) is 17.2 Å². The molecule has 5 nitrogen and oxygen atoms in total. The standard InChI is InChI=1S/C18H18N4O/c1-20-10-5-8-17(20)18(23)21-11-9-16-14(13-21)12-19-22(16)15-6-3-2-4-7-15/h2-8,10,12H,9,11,13H2,1H3. The largest absolute Gasteiger partial charge is 0.347 e. The number of carbonyl (C=O) groups is 1. The number of aryl methyl sites for hydroxylation is 1. The summed E-state index contributed by atoms with van der Waals surface area (Å²) in [7, 11) is 1.90. The van der Waals surface area contributed by atoms with E-state index in [0.717, 1.165) is 29.9 Å². The van der Waals surface area contributed by atoms with Gasteiger partial charge in [0.1, 0.15) is 5.69 Å². The van der Waals surface area contributed by atoms with E-state index in [1.807, 2.05) is 63.9 Å². The normalized spacial score (nSPS) is 13.9. The van der Waals surface area contributed by atoms with Crippen molar-refractivity contribution >= 4 is 5.91 Å². The van der Waals surface area contributed by atoms with E-state index in [1.165, 1.54) is 5.69 Å². The van der Waals surface area contributed by atoms with Gasteiger partial charge in [0.05, 0.1) is 17.6 Å². The summed E-state index contributed by atoms with van der Waals surface area (Å²) >= 11 is 0. The van der Waals surface area contributed by atoms with Crippen molar-refractivity contribution in [2.24, 2.45) is 7.05 Å². The van der Waals surface area contributed by atoms with E-state index in [9.17, 15) is 4.79 Å². The van der Waals surface area contributed by atoms with Gasteiger partial charge in [-0.2, -0.15) is 5.10 Å². The van der Waals surface area contributed by atoms with Crippen molar-refractivity contribution < 1.29 is 4.79 Å². The lowest BCUT2D eigenvalue weighted by Gasteiger charge is -2.27. The molecule has 0 N–H and O–H groups in total. The lowest BCUT2D eigenvalue weighted by molar-refractivity contribution is 0.0724. The third kappa shape index (κ3) is 2.34. The molecule has 23 heavy (non-hydrogen) atoms. The highest BCUT2D eigenvalue weighted by Gasteiger charge is 2.26. The number of hydrogen-bond acceptors (Lipinski definition) is 2. The van der Waals surface area contributed by atoms with Crippen molar-refractivity contribution in [1.29, 1.82) is 0 Å². The molecule has 2 aromatic heterocycles. The Labute approximate surface area is 134 Å². The molecule has 3 aromatic rings. The monoisotopic (exact) mass is 306 g/mol. The fourth-order valence-corrected chi connectivity index (χ4v) is 3.14. The first kappa shape index (κ1) is 13.8. The number of amides is 1. The number of rotatable bonds is 2. The van der Waals surface area contributed by atoms with Crippen molar-refractivity contribution in [3.05, 3.63) is 71.8 Å². The summed E-state index contributed by atoms with van der Waals surface area (Å²) in [6.07, 6.45) is 4.60. The molecule has 0 saturated carbocycles. The molecule has 0 radical (unpaired) electrons. The van der Waals surface area contributed by atoms with Crippen LogP contribution in [0.25, 0.3) is 5.69 Å². The number of fused-ring (bicyclic) bond motifs is 1. The Bertz CT molecular complexity index is 847. The van der Waals surface area contributed by atoms with Crippen LogP contribution in [-0.2, 0) is 20.0 Å². The van der Waals surface area contributed by atoms with Gasteiger partial charge in [-0.25, -0.2) is 4.68 Å². The third-order valence-electron chi connectivity index (χ3n) is 4.39. The molecule has 3 heterocycles. The Balaban J connectivity index is 1.61. The first-order valence-electron chi connectivity index (χ1n) is 7.76. The molecule has 0 fully saturated rings. The second-order valence-corrected chi connectivity index (χ2v) is 5.84. The topological polar surface area (TPSA) is 43.1 Å². The van der Waals surface area contributed by atoms with E-state index in [0.29, 0.717) is 6.54 Å². The molecule has 116 valence electrons. The van der Waals surface area contributed by atoms with Crippen LogP contribution >= 0.6 is 0 Å². The Kier molecular flexibility index (Phi) is 3.26. The van der Waals surface area contributed by atoms with Gasteiger partial charge in [0.2, 0.25) is 0 Å². The van der Waals surface area contributed by atoms with Crippen LogP contribution in [0.4, 0.5) is 0 Å². The number of benzene rings is 1. The fraction of sp³-hybridized carbons (Fsp3) is 0.222. The molecular formula is C18H18N4O. The van der Waals surface area contributed by atoms with Gasteiger partial charge >= 0.3 is 0 Å². The maximum atomic E-state index is 12.6. The Morgan fingerprint density at radius 3 is 2.70 bits per heavy atom. The average molecular weight is 306 g/mol. The van der Waals surface area contributed by atoms with Crippen molar-refractivity contribution in [3.63, 3.8) is 0 Å². The smallest absolute Gasteiger partial charge is 0.270 e. The third-order valence-corrected chi connectivity index (χ3v) is 4.39. The molecule has 0 bridgehead atoms. The minimum atomic E-state index is 0.0793. The van der Waals surface area contributed by atoms with Crippen LogP contribution < -0.4 is 0 Å². The SMILES string of the molecule is Cn1cccc1C(=O)N1CCc2c(cnn2-c2ccccc2)C1. The predicted molar refractivity (Wildman–Crippen MR) is 87.4 cm³/mol. The second-order valence-electron chi connectivity index (χ2n) is 5.84. The maximum absolute atomic E-state index is 12.6. The molecule has 5 heteroatoms. The molecule has 0 spiro atoms. The Morgan fingerprint density at radius 2 is 1.96 bits per heavy atom. The molecule has 1 aliphatic heterocycles.